The van der Waals surface area contributed by atoms with Crippen LogP contribution in [0.4, 0.5) is 0 Å². The molecule has 6 fully saturated rings. The summed E-state index contributed by atoms with van der Waals surface area (Å²) in [6.45, 7) is 50.6. The minimum atomic E-state index is 0.998. The van der Waals surface area contributed by atoms with Crippen molar-refractivity contribution < 1.29 is 0 Å². The summed E-state index contributed by atoms with van der Waals surface area (Å²) in [5.74, 6) is 13.0. The van der Waals surface area contributed by atoms with Gasteiger partial charge in [-0.25, -0.2) is 0 Å². The third-order valence-corrected chi connectivity index (χ3v) is 35.9. The molecule has 0 heterocycles. The van der Waals surface area contributed by atoms with Crippen molar-refractivity contribution in [2.45, 2.75) is 681 Å². The predicted molar refractivity (Wildman–Crippen MR) is 669 cm³/mol. The van der Waals surface area contributed by atoms with Gasteiger partial charge in [-0.1, -0.05) is 577 Å². The summed E-state index contributed by atoms with van der Waals surface area (Å²) in [5, 5.41) is 27.9. The van der Waals surface area contributed by atoms with Crippen molar-refractivity contribution in [2.24, 2.45) is 71.0 Å². The molecule has 8 nitrogen and oxygen atoms in total. The molecule has 876 valence electrons. The van der Waals surface area contributed by atoms with Crippen LogP contribution in [0.3, 0.4) is 0 Å². The van der Waals surface area contributed by atoms with Crippen molar-refractivity contribution in [3.63, 3.8) is 0 Å². The van der Waals surface area contributed by atoms with E-state index in [1.165, 1.54) is 592 Å². The summed E-state index contributed by atoms with van der Waals surface area (Å²) in [4.78, 5) is 0. The minimum Gasteiger partial charge on any atom is -0.317 e. The fourth-order valence-corrected chi connectivity index (χ4v) is 24.9. The highest BCUT2D eigenvalue weighted by Gasteiger charge is 2.37. The Morgan fingerprint density at radius 3 is 0.537 bits per heavy atom. The van der Waals surface area contributed by atoms with E-state index >= 15 is 0 Å². The van der Waals surface area contributed by atoms with Crippen molar-refractivity contribution in [2.75, 3.05) is 105 Å². The fourth-order valence-electron chi connectivity index (χ4n) is 24.9. The zero-order valence-electron chi connectivity index (χ0n) is 104. The van der Waals surface area contributed by atoms with E-state index in [4.69, 9.17) is 0 Å². The van der Waals surface area contributed by atoms with E-state index < -0.39 is 0 Å². The van der Waals surface area contributed by atoms with Gasteiger partial charge in [0.2, 0.25) is 0 Å². The van der Waals surface area contributed by atoms with Crippen LogP contribution in [0.5, 0.6) is 0 Å². The lowest BCUT2D eigenvalue weighted by Crippen LogP contribution is -2.35. The first kappa shape index (κ1) is 144. The Bertz CT molecular complexity index is 2330. The molecule has 6 aliphatic rings. The van der Waals surface area contributed by atoms with Gasteiger partial charge in [-0.2, -0.15) is 0 Å². The molecule has 0 amide bonds. The second kappa shape index (κ2) is 117. The Balaban J connectivity index is 0.000000858. The van der Waals surface area contributed by atoms with Crippen LogP contribution in [0.2, 0.25) is 0 Å². The highest BCUT2D eigenvalue weighted by molar-refractivity contribution is 5.27. The molecular weight excluding hydrogens is 1780 g/mol. The number of aryl methyl sites for hydroxylation is 2. The van der Waals surface area contributed by atoms with Gasteiger partial charge in [-0.05, 0) is 315 Å². The van der Waals surface area contributed by atoms with Gasteiger partial charge in [0.25, 0.3) is 0 Å². The molecule has 12 atom stereocenters. The molecule has 0 aliphatic heterocycles. The first-order valence-electron chi connectivity index (χ1n) is 69.4. The van der Waals surface area contributed by atoms with Crippen LogP contribution in [0.15, 0.2) is 24.3 Å². The van der Waals surface area contributed by atoms with E-state index in [1.54, 1.807) is 68.9 Å². The molecule has 147 heavy (non-hydrogen) atoms. The number of benzene rings is 1. The van der Waals surface area contributed by atoms with Gasteiger partial charge in [0.1, 0.15) is 0 Å². The first-order valence-corrected chi connectivity index (χ1v) is 69.4. The van der Waals surface area contributed by atoms with Gasteiger partial charge in [0.05, 0.1) is 0 Å². The van der Waals surface area contributed by atoms with Crippen molar-refractivity contribution >= 4 is 0 Å². The second-order valence-electron chi connectivity index (χ2n) is 49.2. The van der Waals surface area contributed by atoms with Crippen LogP contribution in [0, 0.1) is 71.0 Å². The van der Waals surface area contributed by atoms with Crippen LogP contribution >= 0.6 is 0 Å². The minimum absolute atomic E-state index is 0.998. The third kappa shape index (κ3) is 94.6. The average Bonchev–Trinajstić information content (AvgIpc) is 1.71. The number of hydrogen-bond acceptors (Lipinski definition) is 8. The maximum Gasteiger partial charge on any atom is -0.00178 e. The topological polar surface area (TPSA) is 96.2 Å². The van der Waals surface area contributed by atoms with Gasteiger partial charge < -0.3 is 42.5 Å². The molecule has 0 bridgehead atoms. The van der Waals surface area contributed by atoms with E-state index in [0.717, 1.165) is 110 Å². The Morgan fingerprint density at radius 2 is 0.320 bits per heavy atom. The standard InChI is InChI=1S/C22H38.C21H42.2C20H42N2.2C19H40N2.C18H36/c1-3-5-7-9-11-13-17-21-19-15-16-20-22(21)18-14-12-10-8-6-4-2;1-3-5-7-9-11-13-16-20-18-15-19-21(20)17-14-12-10-8-6-4-2;1-3-21-17-11-7-5-9-13-19-15-16-20(19)14-10-6-8-12-18-22-4-2;1-3-5-6-8-12-17-22-18-20-15-14-19(20)13-10-7-9-11-16-21-4-2;1-3-20-15-11-7-5-9-13-18-17-19(18)14-10-6-8-12-16-21-4-2;1-3-5-6-8-12-15-21-17-19-16-18(19)13-10-7-9-11-14-20-4-2;1-3-5-7-9-11-13-17-15-16-18(17)14-12-10-8-6-4-2/h15-16,19-20H,3-14,17-18H2,1-2H3;20-21H,3-19H2,1-2H3;2*19-22H,3-18H2,1-2H3;2*18-21H,3-17H2,1-2H3;17-18H,3-16H2,1-2H3/t;;;;;;17-,18+. The molecular formula is C139H280N8. The zero-order chi connectivity index (χ0) is 106. The van der Waals surface area contributed by atoms with Crippen molar-refractivity contribution in [1.82, 2.24) is 42.5 Å². The highest BCUT2D eigenvalue weighted by Crippen LogP contribution is 2.47. The average molecular weight is 2060 g/mol. The number of rotatable bonds is 104. The lowest BCUT2D eigenvalue weighted by Gasteiger charge is -2.37. The van der Waals surface area contributed by atoms with Crippen molar-refractivity contribution in [3.8, 4) is 0 Å². The quantitative estimate of drug-likeness (QED) is 0.0306. The molecule has 0 radical (unpaired) electrons. The highest BCUT2D eigenvalue weighted by atomic mass is 14.9. The zero-order valence-corrected chi connectivity index (χ0v) is 104. The molecule has 6 aliphatic carbocycles. The van der Waals surface area contributed by atoms with Crippen LogP contribution in [0.25, 0.3) is 0 Å². The maximum atomic E-state index is 3.71. The fraction of sp³-hybridized carbons (Fsp3) is 0.957. The summed E-state index contributed by atoms with van der Waals surface area (Å²) < 4.78 is 0. The monoisotopic (exact) mass is 2060 g/mol. The van der Waals surface area contributed by atoms with E-state index in [2.05, 4.69) is 164 Å². The molecule has 8 N–H and O–H groups in total. The van der Waals surface area contributed by atoms with Crippen LogP contribution < -0.4 is 42.5 Å². The molecule has 1 aromatic rings. The number of unbranched alkanes of at least 4 members (excludes halogenated alkanes) is 54. The summed E-state index contributed by atoms with van der Waals surface area (Å²) in [6.07, 6.45) is 132. The molecule has 8 heteroatoms. The van der Waals surface area contributed by atoms with E-state index in [1.807, 2.05) is 0 Å². The summed E-state index contributed by atoms with van der Waals surface area (Å²) >= 11 is 0. The van der Waals surface area contributed by atoms with Gasteiger partial charge in [-0.3, -0.25) is 0 Å². The van der Waals surface area contributed by atoms with E-state index in [9.17, 15) is 0 Å². The summed E-state index contributed by atoms with van der Waals surface area (Å²) in [5.41, 5.74) is 3.23. The molecule has 0 spiro atoms. The Morgan fingerprint density at radius 1 is 0.156 bits per heavy atom. The predicted octanol–water partition coefficient (Wildman–Crippen LogP) is 41.9. The van der Waals surface area contributed by atoms with Crippen molar-refractivity contribution in [3.05, 3.63) is 35.4 Å². The molecule has 6 saturated carbocycles. The van der Waals surface area contributed by atoms with Crippen LogP contribution in [-0.4, -0.2) is 105 Å². The molecule has 10 unspecified atom stereocenters. The lowest BCUT2D eigenvalue weighted by molar-refractivity contribution is 0.145. The third-order valence-electron chi connectivity index (χ3n) is 35.9. The first-order chi connectivity index (χ1) is 72.7. The molecule has 7 rings (SSSR count). The van der Waals surface area contributed by atoms with E-state index in [0.29, 0.717) is 0 Å². The smallest absolute Gasteiger partial charge is 0.00178 e. The Kier molecular flexibility index (Phi) is 115. The van der Waals surface area contributed by atoms with Gasteiger partial charge >= 0.3 is 0 Å². The van der Waals surface area contributed by atoms with E-state index in [-0.39, 0.29) is 0 Å². The van der Waals surface area contributed by atoms with Crippen molar-refractivity contribution in [1.29, 1.82) is 0 Å². The molecule has 1 aromatic carbocycles. The second-order valence-corrected chi connectivity index (χ2v) is 49.2. The Hall–Kier alpha value is -1.10. The maximum absolute atomic E-state index is 3.71. The summed E-state index contributed by atoms with van der Waals surface area (Å²) in [6, 6.07) is 9.16. The number of hydrogen-bond donors (Lipinski definition) is 8. The van der Waals surface area contributed by atoms with Crippen LogP contribution in [0.1, 0.15) is 680 Å². The SMILES string of the molecule is CCCCCCCCC1CCCC1CCCCCCCC.CCCCCCCCc1ccccc1CCCCCCCC.CCCCCCCNCC1CC1CCCCCCNCC.CCCCCCCNCC1CCC1CCCCCCNCC.CCCCCCC[C@@H]1CC[C@@H]1CCCCCCC.CCNCCCCCCC1CC1CCCCCCNCC.CCNCCCCCCC1CCC1CCCCCCNCC. The Labute approximate surface area is 928 Å². The van der Waals surface area contributed by atoms with Crippen LogP contribution in [-0.2, 0) is 12.8 Å². The van der Waals surface area contributed by atoms with Gasteiger partial charge in [-0.15, -0.1) is 0 Å². The summed E-state index contributed by atoms with van der Waals surface area (Å²) in [7, 11) is 0. The lowest BCUT2D eigenvalue weighted by atomic mass is 9.69. The van der Waals surface area contributed by atoms with Gasteiger partial charge in [0.15, 0.2) is 0 Å². The largest absolute Gasteiger partial charge is 0.317 e. The van der Waals surface area contributed by atoms with Gasteiger partial charge in [0, 0.05) is 0 Å². The number of nitrogens with one attached hydrogen (secondary N) is 8. The normalized spacial score (nSPS) is 19.9. The molecule has 0 aromatic heterocycles. The molecule has 0 saturated heterocycles.